The van der Waals surface area contributed by atoms with Gasteiger partial charge in [0, 0.05) is 0 Å². The molecule has 0 aliphatic rings. The maximum atomic E-state index is 8.64. The predicted octanol–water partition coefficient (Wildman–Crippen LogP) is -1.12. The number of hydrogen-bond acceptors (Lipinski definition) is 4. The first-order chi connectivity index (χ1) is 2.73. The molecule has 0 bridgehead atoms. The maximum absolute atomic E-state index is 8.64. The van der Waals surface area contributed by atoms with Crippen LogP contribution in [0.2, 0.25) is 0 Å². The van der Waals surface area contributed by atoms with E-state index < -0.39 is 30.2 Å². The van der Waals surface area contributed by atoms with Crippen molar-refractivity contribution in [1.29, 1.82) is 0 Å². The molecule has 0 fully saturated rings. The molecule has 0 unspecified atom stereocenters. The minimum atomic E-state index is -4.47. The summed E-state index contributed by atoms with van der Waals surface area (Å²) in [6.07, 6.45) is 0. The zero-order chi connectivity index (χ0) is 5.58. The van der Waals surface area contributed by atoms with Crippen LogP contribution in [0.1, 0.15) is 0 Å². The van der Waals surface area contributed by atoms with Gasteiger partial charge >= 0.3 is 55.3 Å². The van der Waals surface area contributed by atoms with Gasteiger partial charge in [0.2, 0.25) is 0 Å². The fourth-order valence-electron chi connectivity index (χ4n) is 0. The third-order valence-electron chi connectivity index (χ3n) is 0. The Balaban J connectivity index is 0. The summed E-state index contributed by atoms with van der Waals surface area (Å²) in [6.45, 7) is 0. The Morgan fingerprint density at radius 1 is 1.00 bits per heavy atom. The van der Waals surface area contributed by atoms with E-state index in [9.17, 15) is 0 Å². The first kappa shape index (κ1) is 10.0. The molecule has 0 aromatic rings. The predicted molar refractivity (Wildman–Crippen MR) is 9.89 cm³/mol. The zero-order valence-electron chi connectivity index (χ0n) is 2.92. The molecule has 0 heterocycles. The van der Waals surface area contributed by atoms with Gasteiger partial charge in [0.15, 0.2) is 0 Å². The van der Waals surface area contributed by atoms with E-state index in [1.54, 1.807) is 0 Å². The van der Waals surface area contributed by atoms with Crippen LogP contribution in [0, 0.1) is 30.2 Å². The summed E-state index contributed by atoms with van der Waals surface area (Å²) in [5, 5.41) is 0. The van der Waals surface area contributed by atoms with Crippen LogP contribution in [-0.2, 0) is 8.89 Å². The second-order valence-electron chi connectivity index (χ2n) is 0.289. The third-order valence-corrected chi connectivity index (χ3v) is 0. The van der Waals surface area contributed by atoms with E-state index >= 15 is 0 Å². The second-order valence-corrected chi connectivity index (χ2v) is 2.10. The van der Waals surface area contributed by atoms with Gasteiger partial charge in [-0.1, -0.05) is 0 Å². The Morgan fingerprint density at radius 2 is 1.00 bits per heavy atom. The molecule has 0 amide bonds. The molecule has 6 heavy (non-hydrogen) atoms. The van der Waals surface area contributed by atoms with Crippen LogP contribution in [0.3, 0.4) is 0 Å². The summed E-state index contributed by atoms with van der Waals surface area (Å²) < 4.78 is 34.2. The van der Waals surface area contributed by atoms with Crippen molar-refractivity contribution in [2.24, 2.45) is 0 Å². The van der Waals surface area contributed by atoms with Crippen molar-refractivity contribution in [3.8, 4) is 0 Å². The molecule has 31 valence electrons. The van der Waals surface area contributed by atoms with Crippen LogP contribution in [0.4, 0.5) is 0 Å². The zero-order valence-corrected chi connectivity index (χ0v) is 7.96. The van der Waals surface area contributed by atoms with Crippen LogP contribution in [0.25, 0.3) is 0 Å². The van der Waals surface area contributed by atoms with Crippen molar-refractivity contribution in [2.45, 2.75) is 0 Å². The summed E-state index contributed by atoms with van der Waals surface area (Å²) in [5.41, 5.74) is 0. The van der Waals surface area contributed by atoms with Gasteiger partial charge in [0.25, 0.3) is 0 Å². The quantitative estimate of drug-likeness (QED) is 0.495. The molecular formula is HAlLaO4. The van der Waals surface area contributed by atoms with Crippen molar-refractivity contribution >= 4 is 16.2 Å². The Bertz CT molecular complexity index is 87.7. The molecule has 0 aliphatic heterocycles. The molecule has 0 rings (SSSR count). The van der Waals surface area contributed by atoms with E-state index in [0.717, 1.165) is 0 Å². The fraction of sp³-hybridized carbons (Fsp3) is 0. The van der Waals surface area contributed by atoms with E-state index in [1.165, 1.54) is 0 Å². The number of hydrogen-bond donors (Lipinski definition) is 0. The second kappa shape index (κ2) is 9.33. The van der Waals surface area contributed by atoms with Gasteiger partial charge in [0.05, 0.1) is 0 Å². The van der Waals surface area contributed by atoms with Crippen LogP contribution < -0.4 is 0 Å². The summed E-state index contributed by atoms with van der Waals surface area (Å²) in [7, 11) is 0. The van der Waals surface area contributed by atoms with Gasteiger partial charge in [-0.2, -0.15) is 0 Å². The minimum absolute atomic E-state index is 0.611. The topological polar surface area (TPSA) is 68.3 Å². The summed E-state index contributed by atoms with van der Waals surface area (Å²) in [6, 6.07) is 0. The molecule has 0 aromatic heterocycles. The normalized spacial score (nSPS) is 3.00. The first-order valence-corrected chi connectivity index (χ1v) is 6.01. The van der Waals surface area contributed by atoms with Crippen LogP contribution >= 0.6 is 0 Å². The molecule has 0 aromatic carbocycles. The standard InChI is InChI=1S/Al.La.4O.H. The molecule has 0 N–H and O–H groups in total. The third kappa shape index (κ3) is 88.4. The van der Waals surface area contributed by atoms with Gasteiger partial charge in [0.1, 0.15) is 0 Å². The van der Waals surface area contributed by atoms with E-state index in [-0.39, 0.29) is 0 Å². The molecule has 0 aliphatic carbocycles. The van der Waals surface area contributed by atoms with Crippen LogP contribution in [0.15, 0.2) is 0 Å². The Hall–Kier alpha value is 0.927. The van der Waals surface area contributed by atoms with Crippen molar-refractivity contribution < 1.29 is 39.1 Å². The Kier molecular flexibility index (Phi) is 15.6. The van der Waals surface area contributed by atoms with Crippen molar-refractivity contribution in [3.05, 3.63) is 0 Å². The van der Waals surface area contributed by atoms with Crippen molar-refractivity contribution in [1.82, 2.24) is 0 Å². The van der Waals surface area contributed by atoms with Gasteiger partial charge in [-0.15, -0.1) is 0 Å². The van der Waals surface area contributed by atoms with Crippen molar-refractivity contribution in [2.75, 3.05) is 0 Å². The average Bonchev–Trinajstić information content (AvgIpc) is 1.41. The fourth-order valence-corrected chi connectivity index (χ4v) is 0. The van der Waals surface area contributed by atoms with Crippen LogP contribution in [0.5, 0.6) is 0 Å². The molecule has 0 atom stereocenters. The molecule has 0 saturated carbocycles. The van der Waals surface area contributed by atoms with E-state index in [1.807, 2.05) is 0 Å². The van der Waals surface area contributed by atoms with E-state index in [4.69, 9.17) is 8.89 Å². The molecule has 6 heteroatoms. The molecule has 0 saturated heterocycles. The summed E-state index contributed by atoms with van der Waals surface area (Å²) >= 11 is -3.86. The first-order valence-electron chi connectivity index (χ1n) is 0.996. The van der Waals surface area contributed by atoms with Crippen LogP contribution in [-0.4, -0.2) is 16.2 Å². The van der Waals surface area contributed by atoms with Gasteiger partial charge in [-0.25, -0.2) is 0 Å². The Labute approximate surface area is 54.7 Å². The molecule has 0 radical (unpaired) electrons. The van der Waals surface area contributed by atoms with Crippen molar-refractivity contribution in [3.63, 3.8) is 0 Å². The van der Waals surface area contributed by atoms with E-state index in [2.05, 4.69) is 0 Å². The number of rotatable bonds is 0. The molecule has 0 spiro atoms. The summed E-state index contributed by atoms with van der Waals surface area (Å²) in [4.78, 5) is 0. The Morgan fingerprint density at radius 3 is 1.00 bits per heavy atom. The molecular weight excluding hydrogens is 230 g/mol. The monoisotopic (exact) mass is 231 g/mol. The van der Waals surface area contributed by atoms with Gasteiger partial charge < -0.3 is 0 Å². The summed E-state index contributed by atoms with van der Waals surface area (Å²) in [5.74, 6) is 0. The van der Waals surface area contributed by atoms with E-state index in [0.29, 0.717) is 16.2 Å². The van der Waals surface area contributed by atoms with Gasteiger partial charge in [-0.05, 0) is 0 Å². The molecule has 4 nitrogen and oxygen atoms in total. The van der Waals surface area contributed by atoms with Gasteiger partial charge in [-0.3, -0.25) is 0 Å². The SMILES string of the molecule is [O]=[AlH].[O]=[La](=[O])=[O]. The average molecular weight is 231 g/mol.